The molecule has 0 saturated heterocycles. The van der Waals surface area contributed by atoms with Crippen molar-refractivity contribution in [2.24, 2.45) is 0 Å². The van der Waals surface area contributed by atoms with Crippen molar-refractivity contribution in [3.8, 4) is 0 Å². The second-order valence-corrected chi connectivity index (χ2v) is 9.35. The van der Waals surface area contributed by atoms with E-state index in [9.17, 15) is 9.59 Å². The Kier molecular flexibility index (Phi) is 9.10. The normalized spacial score (nSPS) is 20.5. The lowest BCUT2D eigenvalue weighted by molar-refractivity contribution is -0.534. The van der Waals surface area contributed by atoms with Crippen LogP contribution in [-0.2, 0) is 9.59 Å². The zero-order valence-electron chi connectivity index (χ0n) is 20.5. The minimum Gasteiger partial charge on any atom is -0.356 e. The van der Waals surface area contributed by atoms with E-state index < -0.39 is 0 Å². The lowest BCUT2D eigenvalue weighted by Crippen LogP contribution is -2.41. The third kappa shape index (κ3) is 7.54. The topological polar surface area (TPSA) is 55.7 Å². The van der Waals surface area contributed by atoms with E-state index in [1.54, 1.807) is 6.08 Å². The summed E-state index contributed by atoms with van der Waals surface area (Å²) in [6.07, 6.45) is 10.0. The molecule has 4 rings (SSSR count). The van der Waals surface area contributed by atoms with E-state index >= 15 is 0 Å². The Hall–Kier alpha value is -3.41. The lowest BCUT2D eigenvalue weighted by Gasteiger charge is -2.28. The summed E-state index contributed by atoms with van der Waals surface area (Å²) in [7, 11) is 0. The molecular formula is C29H37N4O2+. The van der Waals surface area contributed by atoms with Crippen molar-refractivity contribution in [1.82, 2.24) is 15.1 Å². The fraction of sp³-hybridized carbons (Fsp3) is 0.414. The van der Waals surface area contributed by atoms with Gasteiger partial charge in [-0.2, -0.15) is 0 Å². The molecule has 35 heavy (non-hydrogen) atoms. The molecule has 6 heteroatoms. The van der Waals surface area contributed by atoms with E-state index in [1.165, 1.54) is 5.56 Å². The van der Waals surface area contributed by atoms with Crippen molar-refractivity contribution in [3.63, 3.8) is 0 Å². The summed E-state index contributed by atoms with van der Waals surface area (Å²) in [5.41, 5.74) is 2.19. The fourth-order valence-electron chi connectivity index (χ4n) is 4.82. The van der Waals surface area contributed by atoms with Crippen LogP contribution in [-0.4, -0.2) is 71.8 Å². The van der Waals surface area contributed by atoms with Gasteiger partial charge in [0.1, 0.15) is 6.04 Å². The number of fused-ring (bicyclic) bond motifs is 1. The Morgan fingerprint density at radius 3 is 2.40 bits per heavy atom. The lowest BCUT2D eigenvalue weighted by atomic mass is 10.0. The average molecular weight is 474 g/mol. The SMILES string of the molecule is O=C1C[C@@H](c2ccccc2)N2C=[N+](CCCCN(C(=O)/C=C/c3ccccc3)CCCN1)CCC2. The molecule has 0 radical (unpaired) electrons. The molecule has 2 bridgehead atoms. The highest BCUT2D eigenvalue weighted by molar-refractivity contribution is 5.91. The Morgan fingerprint density at radius 1 is 0.886 bits per heavy atom. The maximum Gasteiger partial charge on any atom is 0.246 e. The average Bonchev–Trinajstić information content (AvgIpc) is 2.90. The van der Waals surface area contributed by atoms with E-state index in [-0.39, 0.29) is 17.9 Å². The van der Waals surface area contributed by atoms with Crippen molar-refractivity contribution >= 4 is 24.2 Å². The molecule has 0 unspecified atom stereocenters. The summed E-state index contributed by atoms with van der Waals surface area (Å²) in [6, 6.07) is 20.3. The largest absolute Gasteiger partial charge is 0.356 e. The van der Waals surface area contributed by atoms with Gasteiger partial charge in [0, 0.05) is 32.1 Å². The van der Waals surface area contributed by atoms with Gasteiger partial charge >= 0.3 is 0 Å². The molecule has 0 aromatic heterocycles. The molecule has 6 nitrogen and oxygen atoms in total. The number of benzene rings is 2. The van der Waals surface area contributed by atoms with Crippen molar-refractivity contribution in [1.29, 1.82) is 0 Å². The van der Waals surface area contributed by atoms with Gasteiger partial charge in [0.05, 0.1) is 26.1 Å². The van der Waals surface area contributed by atoms with Gasteiger partial charge in [-0.15, -0.1) is 0 Å². The van der Waals surface area contributed by atoms with Crippen molar-refractivity contribution in [2.75, 3.05) is 39.3 Å². The minimum absolute atomic E-state index is 0.0318. The first kappa shape index (κ1) is 24.7. The summed E-state index contributed by atoms with van der Waals surface area (Å²) in [4.78, 5) is 30.1. The van der Waals surface area contributed by atoms with Crippen LogP contribution in [0.25, 0.3) is 6.08 Å². The first-order chi connectivity index (χ1) is 17.2. The molecular weight excluding hydrogens is 436 g/mol. The third-order valence-corrected chi connectivity index (χ3v) is 6.72. The van der Waals surface area contributed by atoms with Crippen LogP contribution in [0.1, 0.15) is 49.3 Å². The molecule has 184 valence electrons. The summed E-state index contributed by atoms with van der Waals surface area (Å²) in [5, 5.41) is 3.09. The molecule has 2 aliphatic heterocycles. The molecule has 1 N–H and O–H groups in total. The Labute approximate surface area is 208 Å². The fourth-order valence-corrected chi connectivity index (χ4v) is 4.82. The molecule has 0 saturated carbocycles. The van der Waals surface area contributed by atoms with Gasteiger partial charge in [-0.25, -0.2) is 0 Å². The Balaban J connectivity index is 1.44. The standard InChI is InChI=1S/C29H36N4O2/c34-28-23-27(26-13-5-2-6-14-26)33-22-10-19-31(24-33)18-7-8-20-32(21-9-17-30-28)29(35)16-15-25-11-3-1-4-12-25/h1-6,11-16,24,27H,7-10,17-23H2/p+1/b16-15+/t27-/m0/s1. The number of nitrogens with one attached hydrogen (secondary N) is 1. The van der Waals surface area contributed by atoms with E-state index in [2.05, 4.69) is 33.3 Å². The molecule has 2 heterocycles. The molecule has 2 aromatic carbocycles. The number of hydrogen-bond acceptors (Lipinski definition) is 3. The van der Waals surface area contributed by atoms with E-state index in [0.717, 1.165) is 57.4 Å². The van der Waals surface area contributed by atoms with Gasteiger partial charge < -0.3 is 10.2 Å². The van der Waals surface area contributed by atoms with Crippen LogP contribution >= 0.6 is 0 Å². The number of amides is 2. The van der Waals surface area contributed by atoms with Gasteiger partial charge in [0.15, 0.2) is 0 Å². The molecule has 0 spiro atoms. The van der Waals surface area contributed by atoms with Crippen LogP contribution in [0.4, 0.5) is 0 Å². The smallest absolute Gasteiger partial charge is 0.246 e. The quantitative estimate of drug-likeness (QED) is 0.546. The number of carbonyl (C=O) groups is 2. The van der Waals surface area contributed by atoms with Gasteiger partial charge in [-0.05, 0) is 36.5 Å². The molecule has 2 aromatic rings. The highest BCUT2D eigenvalue weighted by Gasteiger charge is 2.29. The third-order valence-electron chi connectivity index (χ3n) is 6.72. The van der Waals surface area contributed by atoms with Gasteiger partial charge in [0.25, 0.3) is 0 Å². The van der Waals surface area contributed by atoms with Crippen molar-refractivity contribution in [2.45, 2.75) is 38.1 Å². The van der Waals surface area contributed by atoms with Crippen LogP contribution in [0.15, 0.2) is 66.7 Å². The number of carbonyl (C=O) groups excluding carboxylic acids is 2. The van der Waals surface area contributed by atoms with Crippen LogP contribution in [0.5, 0.6) is 0 Å². The molecule has 2 aliphatic rings. The molecule has 0 fully saturated rings. The predicted molar refractivity (Wildman–Crippen MR) is 140 cm³/mol. The molecule has 0 aliphatic carbocycles. The zero-order valence-corrected chi connectivity index (χ0v) is 20.5. The van der Waals surface area contributed by atoms with E-state index in [4.69, 9.17) is 0 Å². The summed E-state index contributed by atoms with van der Waals surface area (Å²) < 4.78 is 2.37. The second-order valence-electron chi connectivity index (χ2n) is 9.35. The maximum atomic E-state index is 12.9. The number of hydrogen-bond donors (Lipinski definition) is 1. The van der Waals surface area contributed by atoms with E-state index in [0.29, 0.717) is 19.5 Å². The highest BCUT2D eigenvalue weighted by Crippen LogP contribution is 2.24. The van der Waals surface area contributed by atoms with Crippen LogP contribution in [0.2, 0.25) is 0 Å². The highest BCUT2D eigenvalue weighted by atomic mass is 16.2. The first-order valence-electron chi connectivity index (χ1n) is 12.9. The van der Waals surface area contributed by atoms with E-state index in [1.807, 2.05) is 59.5 Å². The maximum absolute atomic E-state index is 12.9. The molecule has 1 atom stereocenters. The Bertz CT molecular complexity index is 1020. The monoisotopic (exact) mass is 473 g/mol. The Morgan fingerprint density at radius 2 is 1.60 bits per heavy atom. The molecule has 2 amide bonds. The van der Waals surface area contributed by atoms with Gasteiger partial charge in [0.2, 0.25) is 18.2 Å². The van der Waals surface area contributed by atoms with Crippen molar-refractivity contribution in [3.05, 3.63) is 77.9 Å². The zero-order chi connectivity index (χ0) is 24.3. The van der Waals surface area contributed by atoms with Gasteiger partial charge in [-0.3, -0.25) is 19.1 Å². The minimum atomic E-state index is 0.0318. The summed E-state index contributed by atoms with van der Waals surface area (Å²) >= 11 is 0. The summed E-state index contributed by atoms with van der Waals surface area (Å²) in [6.45, 7) is 4.90. The predicted octanol–water partition coefficient (Wildman–Crippen LogP) is 3.71. The first-order valence-corrected chi connectivity index (χ1v) is 12.9. The van der Waals surface area contributed by atoms with Crippen LogP contribution in [0, 0.1) is 0 Å². The number of rotatable bonds is 3. The van der Waals surface area contributed by atoms with Crippen molar-refractivity contribution < 1.29 is 14.2 Å². The van der Waals surface area contributed by atoms with Crippen LogP contribution < -0.4 is 5.32 Å². The second kappa shape index (κ2) is 12.9. The number of nitrogens with zero attached hydrogens (tertiary/aromatic N) is 3. The van der Waals surface area contributed by atoms with Gasteiger partial charge in [-0.1, -0.05) is 60.7 Å². The summed E-state index contributed by atoms with van der Waals surface area (Å²) in [5.74, 6) is 0.0884. The van der Waals surface area contributed by atoms with Crippen LogP contribution in [0.3, 0.4) is 0 Å².